The van der Waals surface area contributed by atoms with Crippen molar-refractivity contribution in [1.29, 1.82) is 5.26 Å². The minimum Gasteiger partial charge on any atom is -0.286 e. The number of hydrogen-bond acceptors (Lipinski definition) is 4. The molecule has 0 saturated heterocycles. The number of rotatable bonds is 2. The summed E-state index contributed by atoms with van der Waals surface area (Å²) in [5.41, 5.74) is 9.50. The van der Waals surface area contributed by atoms with E-state index in [1.165, 1.54) is 12.1 Å². The van der Waals surface area contributed by atoms with E-state index in [1.807, 2.05) is 0 Å². The van der Waals surface area contributed by atoms with Crippen LogP contribution in [0.2, 0.25) is 5.02 Å². The first-order chi connectivity index (χ1) is 11.5. The summed E-state index contributed by atoms with van der Waals surface area (Å²) in [7, 11) is 0. The fourth-order valence-electron chi connectivity index (χ4n) is 3.25. The molecule has 1 heterocycles. The number of nitrogens with zero attached hydrogens (tertiary/aromatic N) is 2. The summed E-state index contributed by atoms with van der Waals surface area (Å²) in [4.78, 5) is 13.8. The molecule has 1 aliphatic carbocycles. The van der Waals surface area contributed by atoms with Gasteiger partial charge in [-0.1, -0.05) is 24.1 Å². The number of nitrogens with two attached hydrogens (primary N) is 1. The van der Waals surface area contributed by atoms with Crippen LogP contribution >= 0.6 is 11.6 Å². The highest BCUT2D eigenvalue weighted by molar-refractivity contribution is 6.32. The van der Waals surface area contributed by atoms with Crippen LogP contribution in [0, 0.1) is 21.4 Å². The zero-order valence-corrected chi connectivity index (χ0v) is 13.7. The Kier molecular flexibility index (Phi) is 4.36. The maximum Gasteiger partial charge on any atom is 0.289 e. The molecule has 7 heteroatoms. The van der Waals surface area contributed by atoms with Gasteiger partial charge in [-0.15, -0.1) is 0 Å². The second-order valence-corrected chi connectivity index (χ2v) is 6.25. The van der Waals surface area contributed by atoms with Crippen molar-refractivity contribution in [3.8, 4) is 17.2 Å². The van der Waals surface area contributed by atoms with Gasteiger partial charge in [-0.25, -0.2) is 4.98 Å². The molecule has 1 aromatic carbocycles. The third-order valence-corrected chi connectivity index (χ3v) is 4.69. The number of benzene rings is 1. The first-order valence-corrected chi connectivity index (χ1v) is 8.11. The Hall–Kier alpha value is -2.65. The molecule has 122 valence electrons. The maximum atomic E-state index is 11.2. The molecule has 0 radical (unpaired) electrons. The van der Waals surface area contributed by atoms with Crippen LogP contribution in [-0.2, 0) is 12.8 Å². The molecule has 0 unspecified atom stereocenters. The molecule has 1 aromatic heterocycles. The minimum absolute atomic E-state index is 0.0730. The molecule has 6 nitrogen and oxygen atoms in total. The highest BCUT2D eigenvalue weighted by Gasteiger charge is 2.25. The van der Waals surface area contributed by atoms with Crippen molar-refractivity contribution in [3.63, 3.8) is 0 Å². The smallest absolute Gasteiger partial charge is 0.286 e. The van der Waals surface area contributed by atoms with Crippen molar-refractivity contribution in [3.05, 3.63) is 50.2 Å². The van der Waals surface area contributed by atoms with Gasteiger partial charge < -0.3 is 0 Å². The molecule has 0 atom stereocenters. The van der Waals surface area contributed by atoms with Crippen LogP contribution in [0.25, 0.3) is 11.1 Å². The monoisotopic (exact) mass is 343 g/mol. The van der Waals surface area contributed by atoms with E-state index in [0.717, 1.165) is 43.4 Å². The molecule has 0 fully saturated rings. The molecule has 0 spiro atoms. The highest BCUT2D eigenvalue weighted by atomic mass is 35.5. The molecule has 0 bridgehead atoms. The van der Waals surface area contributed by atoms with E-state index in [9.17, 15) is 15.4 Å². The van der Waals surface area contributed by atoms with Gasteiger partial charge in [-0.05, 0) is 30.9 Å². The molecule has 3 rings (SSSR count). The number of anilines is 1. The number of nitriles is 1. The number of nitrogens with one attached hydrogen (secondary N) is 1. The van der Waals surface area contributed by atoms with Gasteiger partial charge in [0.1, 0.15) is 22.3 Å². The predicted molar refractivity (Wildman–Crippen MR) is 90.5 cm³/mol. The van der Waals surface area contributed by atoms with Gasteiger partial charge in [0, 0.05) is 23.6 Å². The molecule has 0 saturated carbocycles. The highest BCUT2D eigenvalue weighted by Crippen LogP contribution is 2.37. The first kappa shape index (κ1) is 16.2. The number of H-pyrrole nitrogens is 1. The molecular formula is C17H16ClN4O2+. The summed E-state index contributed by atoms with van der Waals surface area (Å²) in [6.07, 6.45) is 4.83. The van der Waals surface area contributed by atoms with Crippen LogP contribution in [0.3, 0.4) is 0 Å². The van der Waals surface area contributed by atoms with Gasteiger partial charge in [0.2, 0.25) is 0 Å². The Bertz CT molecular complexity index is 874. The van der Waals surface area contributed by atoms with Crippen molar-refractivity contribution < 1.29 is 9.91 Å². The van der Waals surface area contributed by atoms with Crippen molar-refractivity contribution in [2.75, 3.05) is 5.73 Å². The number of fused-ring (bicyclic) bond motifs is 1. The number of hydrogen-bond donors (Lipinski definition) is 1. The van der Waals surface area contributed by atoms with E-state index in [2.05, 4.69) is 11.1 Å². The SMILES string of the molecule is N#Cc1c(N)[nH+]c2c(c1-c1ccc(Cl)c([N+](=O)[O-])c1)CCCCC2. The summed E-state index contributed by atoms with van der Waals surface area (Å²) in [5.74, 6) is 0.297. The lowest BCUT2D eigenvalue weighted by molar-refractivity contribution is -0.384. The van der Waals surface area contributed by atoms with Crippen LogP contribution in [-0.4, -0.2) is 4.92 Å². The Labute approximate surface area is 144 Å². The number of aromatic amines is 1. The quantitative estimate of drug-likeness (QED) is 0.511. The van der Waals surface area contributed by atoms with Gasteiger partial charge in [0.05, 0.1) is 4.92 Å². The summed E-state index contributed by atoms with van der Waals surface area (Å²) in [5, 5.41) is 20.8. The number of nitro groups is 1. The lowest BCUT2D eigenvalue weighted by Gasteiger charge is -2.13. The number of aryl methyl sites for hydroxylation is 1. The van der Waals surface area contributed by atoms with Crippen LogP contribution < -0.4 is 10.7 Å². The Morgan fingerprint density at radius 1 is 1.29 bits per heavy atom. The number of aromatic nitrogens is 1. The average molecular weight is 344 g/mol. The minimum atomic E-state index is -0.519. The number of nitrogen functional groups attached to an aromatic ring is 1. The van der Waals surface area contributed by atoms with Crippen LogP contribution in [0.4, 0.5) is 11.5 Å². The third-order valence-electron chi connectivity index (χ3n) is 4.37. The van der Waals surface area contributed by atoms with Crippen LogP contribution in [0.5, 0.6) is 0 Å². The van der Waals surface area contributed by atoms with Crippen molar-refractivity contribution in [1.82, 2.24) is 0 Å². The van der Waals surface area contributed by atoms with Gasteiger partial charge in [0.25, 0.3) is 11.5 Å². The first-order valence-electron chi connectivity index (χ1n) is 7.74. The van der Waals surface area contributed by atoms with Crippen molar-refractivity contribution in [2.45, 2.75) is 32.1 Å². The number of pyridine rings is 1. The molecule has 0 amide bonds. The number of nitro benzene ring substituents is 1. The van der Waals surface area contributed by atoms with Gasteiger partial charge in [-0.2, -0.15) is 5.26 Å². The third kappa shape index (κ3) is 2.79. The number of halogens is 1. The molecule has 1 aliphatic rings. The summed E-state index contributed by atoms with van der Waals surface area (Å²) >= 11 is 5.92. The van der Waals surface area contributed by atoms with Gasteiger partial charge in [0.15, 0.2) is 0 Å². The van der Waals surface area contributed by atoms with E-state index in [4.69, 9.17) is 17.3 Å². The summed E-state index contributed by atoms with van der Waals surface area (Å²) in [6, 6.07) is 6.75. The Morgan fingerprint density at radius 2 is 2.04 bits per heavy atom. The van der Waals surface area contributed by atoms with Gasteiger partial charge >= 0.3 is 0 Å². The van der Waals surface area contributed by atoms with E-state index >= 15 is 0 Å². The fraction of sp³-hybridized carbons (Fsp3) is 0.294. The van der Waals surface area contributed by atoms with E-state index in [0.29, 0.717) is 22.5 Å². The van der Waals surface area contributed by atoms with Crippen LogP contribution in [0.15, 0.2) is 18.2 Å². The topological polar surface area (TPSA) is 107 Å². The zero-order chi connectivity index (χ0) is 17.3. The van der Waals surface area contributed by atoms with Gasteiger partial charge in [-0.3, -0.25) is 15.8 Å². The zero-order valence-electron chi connectivity index (χ0n) is 12.9. The molecule has 24 heavy (non-hydrogen) atoms. The van der Waals surface area contributed by atoms with E-state index in [-0.39, 0.29) is 10.7 Å². The fourth-order valence-corrected chi connectivity index (χ4v) is 3.44. The molecule has 3 N–H and O–H groups in total. The Balaban J connectivity index is 2.31. The van der Waals surface area contributed by atoms with Crippen molar-refractivity contribution in [2.24, 2.45) is 0 Å². The summed E-state index contributed by atoms with van der Waals surface area (Å²) in [6.45, 7) is 0. The van der Waals surface area contributed by atoms with E-state index in [1.54, 1.807) is 6.07 Å². The largest absolute Gasteiger partial charge is 0.289 e. The average Bonchev–Trinajstić information content (AvgIpc) is 2.79. The van der Waals surface area contributed by atoms with Crippen LogP contribution in [0.1, 0.15) is 36.1 Å². The molecule has 0 aliphatic heterocycles. The van der Waals surface area contributed by atoms with E-state index < -0.39 is 4.92 Å². The standard InChI is InChI=1S/C17H15ClN4O2/c18-13-7-6-10(8-15(13)22(23)24)16-11-4-2-1-3-5-14(11)21-17(20)12(16)9-19/h6-8H,1-5H2,(H2,20,21)/p+1. The molecule has 2 aromatic rings. The lowest BCUT2D eigenvalue weighted by Crippen LogP contribution is -2.21. The normalized spacial score (nSPS) is 13.7. The second kappa shape index (κ2) is 6.46. The predicted octanol–water partition coefficient (Wildman–Crippen LogP) is 3.45. The second-order valence-electron chi connectivity index (χ2n) is 5.84. The molecular weight excluding hydrogens is 328 g/mol. The van der Waals surface area contributed by atoms with Crippen molar-refractivity contribution >= 4 is 23.1 Å². The maximum absolute atomic E-state index is 11.2. The summed E-state index contributed by atoms with van der Waals surface area (Å²) < 4.78 is 0. The lowest BCUT2D eigenvalue weighted by atomic mass is 9.91. The Morgan fingerprint density at radius 3 is 2.75 bits per heavy atom.